The Balaban J connectivity index is 2.04. The van der Waals surface area contributed by atoms with E-state index >= 15 is 0 Å². The van der Waals surface area contributed by atoms with Crippen LogP contribution in [-0.4, -0.2) is 24.7 Å². The molecule has 0 aromatic rings. The van der Waals surface area contributed by atoms with Crippen LogP contribution in [0.1, 0.15) is 59.3 Å². The van der Waals surface area contributed by atoms with Crippen molar-refractivity contribution in [2.75, 3.05) is 6.61 Å². The highest BCUT2D eigenvalue weighted by molar-refractivity contribution is 5.76. The van der Waals surface area contributed by atoms with Gasteiger partial charge in [-0.05, 0) is 51.4 Å². The Hall–Kier alpha value is -0.830. The first kappa shape index (κ1) is 15.6. The molecule has 0 radical (unpaired) electrons. The van der Waals surface area contributed by atoms with Crippen LogP contribution in [0.15, 0.2) is 11.6 Å². The number of ether oxygens (including phenoxy) is 1. The molecule has 20 heavy (non-hydrogen) atoms. The zero-order valence-electron chi connectivity index (χ0n) is 13.2. The first-order valence-corrected chi connectivity index (χ1v) is 8.20. The number of nitrogens with one attached hydrogen (secondary N) is 1. The fourth-order valence-electron chi connectivity index (χ4n) is 3.83. The Kier molecular flexibility index (Phi) is 5.64. The maximum absolute atomic E-state index is 12.3. The Labute approximate surface area is 123 Å². The quantitative estimate of drug-likeness (QED) is 0.619. The van der Waals surface area contributed by atoms with Gasteiger partial charge >= 0.3 is 5.97 Å². The number of hydrogen-bond donors (Lipinski definition) is 1. The van der Waals surface area contributed by atoms with E-state index in [-0.39, 0.29) is 12.0 Å². The van der Waals surface area contributed by atoms with Gasteiger partial charge in [0, 0.05) is 6.04 Å². The lowest BCUT2D eigenvalue weighted by atomic mass is 9.79. The summed E-state index contributed by atoms with van der Waals surface area (Å²) in [5, 5.41) is 3.61. The number of esters is 1. The minimum atomic E-state index is -0.121. The number of carbonyl (C=O) groups excluding carboxylic acids is 1. The maximum Gasteiger partial charge on any atom is 0.323 e. The Bertz CT molecular complexity index is 358. The highest BCUT2D eigenvalue weighted by Crippen LogP contribution is 2.31. The molecule has 0 saturated heterocycles. The van der Waals surface area contributed by atoms with E-state index in [1.165, 1.54) is 31.3 Å². The minimum Gasteiger partial charge on any atom is -0.465 e. The highest BCUT2D eigenvalue weighted by atomic mass is 16.5. The van der Waals surface area contributed by atoms with Gasteiger partial charge in [0.1, 0.15) is 6.04 Å². The number of carbonyl (C=O) groups is 1. The van der Waals surface area contributed by atoms with Crippen molar-refractivity contribution in [2.45, 2.75) is 71.4 Å². The average Bonchev–Trinajstić information content (AvgIpc) is 2.87. The molecule has 3 atom stereocenters. The second kappa shape index (κ2) is 7.26. The van der Waals surface area contributed by atoms with Crippen LogP contribution in [0.5, 0.6) is 0 Å². The number of hydrogen-bond acceptors (Lipinski definition) is 3. The third kappa shape index (κ3) is 4.08. The van der Waals surface area contributed by atoms with Crippen molar-refractivity contribution < 1.29 is 9.53 Å². The maximum atomic E-state index is 12.3. The van der Waals surface area contributed by atoms with Crippen molar-refractivity contribution in [1.29, 1.82) is 0 Å². The van der Waals surface area contributed by atoms with Gasteiger partial charge in [-0.3, -0.25) is 4.79 Å². The van der Waals surface area contributed by atoms with Gasteiger partial charge in [0.05, 0.1) is 6.61 Å². The van der Waals surface area contributed by atoms with E-state index in [0.29, 0.717) is 24.5 Å². The predicted molar refractivity (Wildman–Crippen MR) is 81.5 cm³/mol. The molecule has 2 rings (SSSR count). The molecule has 1 N–H and O–H groups in total. The predicted octanol–water partition coefficient (Wildman–Crippen LogP) is 3.44. The van der Waals surface area contributed by atoms with Gasteiger partial charge in [0.2, 0.25) is 0 Å². The summed E-state index contributed by atoms with van der Waals surface area (Å²) in [7, 11) is 0. The summed E-state index contributed by atoms with van der Waals surface area (Å²) < 4.78 is 5.32. The van der Waals surface area contributed by atoms with Gasteiger partial charge in [0.25, 0.3) is 0 Å². The molecule has 2 aliphatic rings. The Morgan fingerprint density at radius 1 is 1.45 bits per heavy atom. The van der Waals surface area contributed by atoms with Crippen molar-refractivity contribution >= 4 is 5.97 Å². The SMILES string of the molecule is CCOC(=O)C(NC1CCCC1)C1CC(C)=CC(C)C1. The standard InChI is InChI=1S/C17H29NO2/c1-4-20-17(19)16(18-15-7-5-6-8-15)14-10-12(2)9-13(3)11-14/h9,12,14-16,18H,4-8,10-11H2,1-3H3. The van der Waals surface area contributed by atoms with E-state index in [9.17, 15) is 4.79 Å². The van der Waals surface area contributed by atoms with Gasteiger partial charge in [-0.15, -0.1) is 0 Å². The number of allylic oxidation sites excluding steroid dienone is 2. The summed E-state index contributed by atoms with van der Waals surface area (Å²) in [6.45, 7) is 6.78. The van der Waals surface area contributed by atoms with Crippen molar-refractivity contribution in [1.82, 2.24) is 5.32 Å². The molecule has 3 heteroatoms. The van der Waals surface area contributed by atoms with Gasteiger partial charge in [-0.2, -0.15) is 0 Å². The van der Waals surface area contributed by atoms with Gasteiger partial charge < -0.3 is 10.1 Å². The van der Waals surface area contributed by atoms with Crippen LogP contribution in [0.25, 0.3) is 0 Å². The van der Waals surface area contributed by atoms with Crippen LogP contribution in [0, 0.1) is 11.8 Å². The summed E-state index contributed by atoms with van der Waals surface area (Å²) in [6.07, 6.45) is 9.42. The normalized spacial score (nSPS) is 29.1. The van der Waals surface area contributed by atoms with Crippen LogP contribution in [-0.2, 0) is 9.53 Å². The monoisotopic (exact) mass is 279 g/mol. The molecular weight excluding hydrogens is 250 g/mol. The molecular formula is C17H29NO2. The van der Waals surface area contributed by atoms with Crippen molar-refractivity contribution in [2.24, 2.45) is 11.8 Å². The molecule has 2 aliphatic carbocycles. The molecule has 1 fully saturated rings. The second-order valence-electron chi connectivity index (χ2n) is 6.57. The molecule has 3 nitrogen and oxygen atoms in total. The molecule has 0 aromatic carbocycles. The Morgan fingerprint density at radius 3 is 2.75 bits per heavy atom. The highest BCUT2D eigenvalue weighted by Gasteiger charge is 2.34. The lowest BCUT2D eigenvalue weighted by molar-refractivity contribution is -0.147. The van der Waals surface area contributed by atoms with E-state index in [4.69, 9.17) is 4.74 Å². The molecule has 114 valence electrons. The molecule has 0 aromatic heterocycles. The summed E-state index contributed by atoms with van der Waals surface area (Å²) in [5.74, 6) is 0.900. The van der Waals surface area contributed by atoms with Crippen molar-refractivity contribution in [3.05, 3.63) is 11.6 Å². The molecule has 0 spiro atoms. The van der Waals surface area contributed by atoms with Gasteiger partial charge in [0.15, 0.2) is 0 Å². The summed E-state index contributed by atoms with van der Waals surface area (Å²) >= 11 is 0. The van der Waals surface area contributed by atoms with Gasteiger partial charge in [-0.25, -0.2) is 0 Å². The van der Waals surface area contributed by atoms with Crippen molar-refractivity contribution in [3.63, 3.8) is 0 Å². The van der Waals surface area contributed by atoms with E-state index in [1.54, 1.807) is 0 Å². The Morgan fingerprint density at radius 2 is 2.15 bits per heavy atom. The zero-order chi connectivity index (χ0) is 14.5. The first-order chi connectivity index (χ1) is 9.60. The molecule has 0 bridgehead atoms. The fraction of sp³-hybridized carbons (Fsp3) is 0.824. The summed E-state index contributed by atoms with van der Waals surface area (Å²) in [4.78, 5) is 12.3. The second-order valence-corrected chi connectivity index (χ2v) is 6.57. The van der Waals surface area contributed by atoms with Crippen molar-refractivity contribution in [3.8, 4) is 0 Å². The minimum absolute atomic E-state index is 0.0497. The third-order valence-corrected chi connectivity index (χ3v) is 4.61. The van der Waals surface area contributed by atoms with E-state index in [1.807, 2.05) is 6.92 Å². The molecule has 0 amide bonds. The zero-order valence-corrected chi connectivity index (χ0v) is 13.2. The van der Waals surface area contributed by atoms with Crippen LogP contribution in [0.3, 0.4) is 0 Å². The number of rotatable bonds is 5. The summed E-state index contributed by atoms with van der Waals surface area (Å²) in [5.41, 5.74) is 1.41. The molecule has 0 heterocycles. The lowest BCUT2D eigenvalue weighted by Gasteiger charge is -2.33. The largest absolute Gasteiger partial charge is 0.465 e. The van der Waals surface area contributed by atoms with Crippen LogP contribution >= 0.6 is 0 Å². The van der Waals surface area contributed by atoms with Crippen LogP contribution in [0.4, 0.5) is 0 Å². The van der Waals surface area contributed by atoms with Crippen LogP contribution < -0.4 is 5.32 Å². The van der Waals surface area contributed by atoms with Gasteiger partial charge in [-0.1, -0.05) is 31.4 Å². The fourth-order valence-corrected chi connectivity index (χ4v) is 3.83. The molecule has 3 unspecified atom stereocenters. The van der Waals surface area contributed by atoms with Crippen LogP contribution in [0.2, 0.25) is 0 Å². The smallest absolute Gasteiger partial charge is 0.323 e. The van der Waals surface area contributed by atoms with E-state index in [0.717, 1.165) is 12.8 Å². The topological polar surface area (TPSA) is 38.3 Å². The third-order valence-electron chi connectivity index (χ3n) is 4.61. The van der Waals surface area contributed by atoms with E-state index < -0.39 is 0 Å². The van der Waals surface area contributed by atoms with E-state index in [2.05, 4.69) is 25.2 Å². The first-order valence-electron chi connectivity index (χ1n) is 8.20. The molecule has 0 aliphatic heterocycles. The average molecular weight is 279 g/mol. The lowest BCUT2D eigenvalue weighted by Crippen LogP contribution is -2.48. The molecule has 1 saturated carbocycles. The summed E-state index contributed by atoms with van der Waals surface area (Å²) in [6, 6.07) is 0.384.